The van der Waals surface area contributed by atoms with E-state index >= 15 is 0 Å². The summed E-state index contributed by atoms with van der Waals surface area (Å²) in [5.41, 5.74) is 2.38. The number of nitrogens with zero attached hydrogens (tertiary/aromatic N) is 1. The molecule has 1 N–H and O–H groups in total. The van der Waals surface area contributed by atoms with Crippen LogP contribution in [0.1, 0.15) is 43.5 Å². The average Bonchev–Trinajstić information content (AvgIpc) is 2.21. The van der Waals surface area contributed by atoms with Gasteiger partial charge in [0.25, 0.3) is 0 Å². The van der Waals surface area contributed by atoms with Crippen molar-refractivity contribution >= 4 is 0 Å². The second-order valence-corrected chi connectivity index (χ2v) is 3.72. The standard InChI is InChI=1S/C12H20N2/c1-4-5-6-12(13-3)11-8-7-10(2)14-9-11/h7-9,12-13H,4-6H2,1-3H3. The summed E-state index contributed by atoms with van der Waals surface area (Å²) in [7, 11) is 2.01. The molecule has 0 spiro atoms. The average molecular weight is 192 g/mol. The third kappa shape index (κ3) is 3.11. The lowest BCUT2D eigenvalue weighted by molar-refractivity contribution is 0.521. The quantitative estimate of drug-likeness (QED) is 0.776. The Morgan fingerprint density at radius 2 is 2.21 bits per heavy atom. The largest absolute Gasteiger partial charge is 0.313 e. The molecule has 78 valence electrons. The molecule has 1 aromatic rings. The number of nitrogens with one attached hydrogen (secondary N) is 1. The van der Waals surface area contributed by atoms with Crippen LogP contribution < -0.4 is 5.32 Å². The lowest BCUT2D eigenvalue weighted by Gasteiger charge is -2.15. The van der Waals surface area contributed by atoms with Crippen LogP contribution in [0.4, 0.5) is 0 Å². The van der Waals surface area contributed by atoms with Gasteiger partial charge in [0, 0.05) is 17.9 Å². The number of pyridine rings is 1. The summed E-state index contributed by atoms with van der Waals surface area (Å²) in [6, 6.07) is 4.70. The van der Waals surface area contributed by atoms with E-state index in [1.807, 2.05) is 20.2 Å². The fourth-order valence-corrected chi connectivity index (χ4v) is 1.57. The van der Waals surface area contributed by atoms with Crippen molar-refractivity contribution in [3.63, 3.8) is 0 Å². The minimum absolute atomic E-state index is 0.461. The van der Waals surface area contributed by atoms with E-state index in [0.717, 1.165) is 5.69 Å². The van der Waals surface area contributed by atoms with Crippen molar-refractivity contribution in [3.8, 4) is 0 Å². The molecule has 14 heavy (non-hydrogen) atoms. The zero-order valence-electron chi connectivity index (χ0n) is 9.38. The van der Waals surface area contributed by atoms with Gasteiger partial charge in [-0.3, -0.25) is 4.98 Å². The smallest absolute Gasteiger partial charge is 0.0372 e. The summed E-state index contributed by atoms with van der Waals surface area (Å²) in [4.78, 5) is 4.32. The van der Waals surface area contributed by atoms with Gasteiger partial charge in [0.1, 0.15) is 0 Å². The van der Waals surface area contributed by atoms with Crippen molar-refractivity contribution in [3.05, 3.63) is 29.6 Å². The lowest BCUT2D eigenvalue weighted by atomic mass is 10.0. The molecule has 2 nitrogen and oxygen atoms in total. The van der Waals surface area contributed by atoms with Crippen LogP contribution in [0.15, 0.2) is 18.3 Å². The number of aromatic nitrogens is 1. The van der Waals surface area contributed by atoms with Crippen LogP contribution in [0.5, 0.6) is 0 Å². The van der Waals surface area contributed by atoms with E-state index in [2.05, 4.69) is 29.4 Å². The summed E-state index contributed by atoms with van der Waals surface area (Å²) >= 11 is 0. The molecule has 1 atom stereocenters. The summed E-state index contributed by atoms with van der Waals surface area (Å²) in [6.45, 7) is 4.24. The molecule has 1 heterocycles. The van der Waals surface area contributed by atoms with E-state index in [1.165, 1.54) is 24.8 Å². The van der Waals surface area contributed by atoms with Gasteiger partial charge < -0.3 is 5.32 Å². The Balaban J connectivity index is 2.64. The molecule has 0 aromatic carbocycles. The van der Waals surface area contributed by atoms with E-state index in [4.69, 9.17) is 0 Å². The van der Waals surface area contributed by atoms with E-state index < -0.39 is 0 Å². The van der Waals surface area contributed by atoms with Crippen molar-refractivity contribution < 1.29 is 0 Å². The van der Waals surface area contributed by atoms with Crippen LogP contribution in [0.2, 0.25) is 0 Å². The predicted molar refractivity (Wildman–Crippen MR) is 60.3 cm³/mol. The molecule has 0 saturated carbocycles. The fraction of sp³-hybridized carbons (Fsp3) is 0.583. The number of aryl methyl sites for hydroxylation is 1. The molecule has 2 heteroatoms. The molecular weight excluding hydrogens is 172 g/mol. The minimum atomic E-state index is 0.461. The predicted octanol–water partition coefficient (Wildman–Crippen LogP) is 2.84. The van der Waals surface area contributed by atoms with E-state index in [-0.39, 0.29) is 0 Å². The highest BCUT2D eigenvalue weighted by Crippen LogP contribution is 2.17. The third-order valence-electron chi connectivity index (χ3n) is 2.53. The Morgan fingerprint density at radius 3 is 2.71 bits per heavy atom. The maximum atomic E-state index is 4.32. The lowest BCUT2D eigenvalue weighted by Crippen LogP contribution is -2.16. The van der Waals surface area contributed by atoms with Gasteiger partial charge in [-0.05, 0) is 32.0 Å². The van der Waals surface area contributed by atoms with Crippen molar-refractivity contribution in [2.75, 3.05) is 7.05 Å². The molecule has 0 aliphatic rings. The second-order valence-electron chi connectivity index (χ2n) is 3.72. The molecule has 0 saturated heterocycles. The summed E-state index contributed by atoms with van der Waals surface area (Å²) in [5, 5.41) is 3.33. The molecule has 0 fully saturated rings. The van der Waals surface area contributed by atoms with Crippen LogP contribution in [-0.4, -0.2) is 12.0 Å². The van der Waals surface area contributed by atoms with Crippen LogP contribution in [0, 0.1) is 6.92 Å². The molecule has 0 aliphatic heterocycles. The van der Waals surface area contributed by atoms with Gasteiger partial charge in [-0.25, -0.2) is 0 Å². The Kier molecular flexibility index (Phi) is 4.60. The maximum absolute atomic E-state index is 4.32. The first-order valence-corrected chi connectivity index (χ1v) is 5.37. The third-order valence-corrected chi connectivity index (χ3v) is 2.53. The molecular formula is C12H20N2. The Bertz CT molecular complexity index is 254. The molecule has 0 amide bonds. The van der Waals surface area contributed by atoms with Crippen LogP contribution >= 0.6 is 0 Å². The van der Waals surface area contributed by atoms with Gasteiger partial charge in [-0.2, -0.15) is 0 Å². The molecule has 1 unspecified atom stereocenters. The fourth-order valence-electron chi connectivity index (χ4n) is 1.57. The normalized spacial score (nSPS) is 12.8. The van der Waals surface area contributed by atoms with Crippen LogP contribution in [0.25, 0.3) is 0 Å². The molecule has 1 rings (SSSR count). The highest BCUT2D eigenvalue weighted by molar-refractivity contribution is 5.16. The highest BCUT2D eigenvalue weighted by Gasteiger charge is 2.07. The first-order chi connectivity index (χ1) is 6.77. The number of unbranched alkanes of at least 4 members (excludes halogenated alkanes) is 1. The first kappa shape index (κ1) is 11.2. The number of hydrogen-bond acceptors (Lipinski definition) is 2. The number of rotatable bonds is 5. The van der Waals surface area contributed by atoms with E-state index in [0.29, 0.717) is 6.04 Å². The van der Waals surface area contributed by atoms with E-state index in [1.54, 1.807) is 0 Å². The first-order valence-electron chi connectivity index (χ1n) is 5.37. The monoisotopic (exact) mass is 192 g/mol. The molecule has 0 radical (unpaired) electrons. The van der Waals surface area contributed by atoms with Gasteiger partial charge in [-0.15, -0.1) is 0 Å². The van der Waals surface area contributed by atoms with Crippen molar-refractivity contribution in [1.29, 1.82) is 0 Å². The van der Waals surface area contributed by atoms with Crippen LogP contribution in [-0.2, 0) is 0 Å². The molecule has 1 aromatic heterocycles. The van der Waals surface area contributed by atoms with Gasteiger partial charge in [0.05, 0.1) is 0 Å². The topological polar surface area (TPSA) is 24.9 Å². The Labute approximate surface area is 86.8 Å². The maximum Gasteiger partial charge on any atom is 0.0372 e. The van der Waals surface area contributed by atoms with Gasteiger partial charge >= 0.3 is 0 Å². The molecule has 0 aliphatic carbocycles. The minimum Gasteiger partial charge on any atom is -0.313 e. The zero-order valence-corrected chi connectivity index (χ0v) is 9.38. The van der Waals surface area contributed by atoms with Gasteiger partial charge in [-0.1, -0.05) is 25.8 Å². The summed E-state index contributed by atoms with van der Waals surface area (Å²) in [6.07, 6.45) is 5.68. The second kappa shape index (κ2) is 5.76. The SMILES string of the molecule is CCCCC(NC)c1ccc(C)nc1. The van der Waals surface area contributed by atoms with Crippen molar-refractivity contribution in [1.82, 2.24) is 10.3 Å². The van der Waals surface area contributed by atoms with Crippen molar-refractivity contribution in [2.24, 2.45) is 0 Å². The zero-order chi connectivity index (χ0) is 10.4. The number of hydrogen-bond donors (Lipinski definition) is 1. The van der Waals surface area contributed by atoms with Crippen molar-refractivity contribution in [2.45, 2.75) is 39.2 Å². The Morgan fingerprint density at radius 1 is 1.43 bits per heavy atom. The highest BCUT2D eigenvalue weighted by atomic mass is 14.9. The van der Waals surface area contributed by atoms with Gasteiger partial charge in [0.2, 0.25) is 0 Å². The van der Waals surface area contributed by atoms with Gasteiger partial charge in [0.15, 0.2) is 0 Å². The molecule has 0 bridgehead atoms. The van der Waals surface area contributed by atoms with Crippen LogP contribution in [0.3, 0.4) is 0 Å². The summed E-state index contributed by atoms with van der Waals surface area (Å²) < 4.78 is 0. The van der Waals surface area contributed by atoms with E-state index in [9.17, 15) is 0 Å². The Hall–Kier alpha value is -0.890. The summed E-state index contributed by atoms with van der Waals surface area (Å²) in [5.74, 6) is 0.